The molecule has 0 saturated heterocycles. The molecule has 1 aromatic carbocycles. The molecule has 29 heavy (non-hydrogen) atoms. The van der Waals surface area contributed by atoms with Crippen LogP contribution in [0.4, 0.5) is 24.7 Å². The molecular weight excluding hydrogens is 387 g/mol. The summed E-state index contributed by atoms with van der Waals surface area (Å²) in [6, 6.07) is 10.8. The van der Waals surface area contributed by atoms with E-state index in [0.717, 1.165) is 5.69 Å². The van der Waals surface area contributed by atoms with Gasteiger partial charge in [0.25, 0.3) is 0 Å². The van der Waals surface area contributed by atoms with Crippen LogP contribution in [0, 0.1) is 0 Å². The zero-order valence-corrected chi connectivity index (χ0v) is 15.0. The highest BCUT2D eigenvalue weighted by Gasteiger charge is 2.31. The second kappa shape index (κ2) is 7.30. The Morgan fingerprint density at radius 2 is 1.79 bits per heavy atom. The van der Waals surface area contributed by atoms with Crippen LogP contribution in [0.5, 0.6) is 11.6 Å². The minimum atomic E-state index is -4.73. The summed E-state index contributed by atoms with van der Waals surface area (Å²) < 4.78 is 47.5. The molecule has 4 aromatic rings. The third-order valence-corrected chi connectivity index (χ3v) is 3.99. The molecule has 10 heteroatoms. The van der Waals surface area contributed by atoms with Crippen LogP contribution in [-0.4, -0.2) is 33.1 Å². The quantitative estimate of drug-likeness (QED) is 0.533. The van der Waals surface area contributed by atoms with Crippen LogP contribution in [0.2, 0.25) is 0 Å². The number of benzene rings is 1. The molecule has 0 saturated carbocycles. The highest BCUT2D eigenvalue weighted by molar-refractivity contribution is 5.78. The van der Waals surface area contributed by atoms with Gasteiger partial charge in [-0.25, -0.2) is 14.5 Å². The lowest BCUT2D eigenvalue weighted by Crippen LogP contribution is -2.16. The standard InChI is InChI=1S/C19H14F3N5O2/c1-28-17-7-4-13(10-23-17)25-16-8-9-27-18(26-16)15(11-24-27)12-2-5-14(6-3-12)29-19(20,21)22/h2-11H,1H3,(H,25,26). The van der Waals surface area contributed by atoms with Gasteiger partial charge in [-0.3, -0.25) is 0 Å². The molecule has 0 bridgehead atoms. The summed E-state index contributed by atoms with van der Waals surface area (Å²) in [4.78, 5) is 8.67. The molecule has 3 aromatic heterocycles. The molecule has 0 atom stereocenters. The van der Waals surface area contributed by atoms with Gasteiger partial charge in [0, 0.05) is 17.8 Å². The maximum atomic E-state index is 12.3. The number of halogens is 3. The fraction of sp³-hybridized carbons (Fsp3) is 0.105. The average molecular weight is 401 g/mol. The van der Waals surface area contributed by atoms with E-state index in [-0.39, 0.29) is 5.75 Å². The molecule has 4 rings (SSSR count). The van der Waals surface area contributed by atoms with E-state index in [1.165, 1.54) is 31.4 Å². The van der Waals surface area contributed by atoms with Crippen molar-refractivity contribution in [3.63, 3.8) is 0 Å². The number of rotatable bonds is 5. The molecule has 0 aliphatic heterocycles. The number of hydrogen-bond donors (Lipinski definition) is 1. The predicted molar refractivity (Wildman–Crippen MR) is 99.2 cm³/mol. The van der Waals surface area contributed by atoms with Crippen molar-refractivity contribution in [3.05, 3.63) is 61.1 Å². The number of ether oxygens (including phenoxy) is 2. The van der Waals surface area contributed by atoms with Gasteiger partial charge >= 0.3 is 6.36 Å². The molecule has 0 aliphatic carbocycles. The fourth-order valence-corrected chi connectivity index (χ4v) is 2.70. The molecule has 7 nitrogen and oxygen atoms in total. The normalized spacial score (nSPS) is 11.4. The first-order valence-corrected chi connectivity index (χ1v) is 8.39. The van der Waals surface area contributed by atoms with E-state index in [9.17, 15) is 13.2 Å². The molecule has 1 N–H and O–H groups in total. The maximum Gasteiger partial charge on any atom is 0.573 e. The number of fused-ring (bicyclic) bond motifs is 1. The Hall–Kier alpha value is -3.82. The summed E-state index contributed by atoms with van der Waals surface area (Å²) in [5, 5.41) is 7.37. The van der Waals surface area contributed by atoms with E-state index < -0.39 is 6.36 Å². The van der Waals surface area contributed by atoms with E-state index in [1.807, 2.05) is 0 Å². The number of alkyl halides is 3. The monoisotopic (exact) mass is 401 g/mol. The summed E-state index contributed by atoms with van der Waals surface area (Å²) in [6.07, 6.45) is 0.207. The zero-order valence-electron chi connectivity index (χ0n) is 15.0. The lowest BCUT2D eigenvalue weighted by molar-refractivity contribution is -0.274. The van der Waals surface area contributed by atoms with Gasteiger partial charge in [-0.1, -0.05) is 12.1 Å². The van der Waals surface area contributed by atoms with E-state index in [1.54, 1.807) is 41.3 Å². The van der Waals surface area contributed by atoms with Gasteiger partial charge in [0.1, 0.15) is 11.6 Å². The van der Waals surface area contributed by atoms with Gasteiger partial charge in [-0.05, 0) is 29.8 Å². The van der Waals surface area contributed by atoms with E-state index in [0.29, 0.717) is 28.5 Å². The van der Waals surface area contributed by atoms with Crippen LogP contribution < -0.4 is 14.8 Å². The van der Waals surface area contributed by atoms with Gasteiger partial charge in [0.15, 0.2) is 5.65 Å². The second-order valence-electron chi connectivity index (χ2n) is 5.93. The van der Waals surface area contributed by atoms with Crippen molar-refractivity contribution < 1.29 is 22.6 Å². The first kappa shape index (κ1) is 18.5. The number of anilines is 2. The van der Waals surface area contributed by atoms with Crippen LogP contribution in [0.3, 0.4) is 0 Å². The van der Waals surface area contributed by atoms with Crippen LogP contribution >= 0.6 is 0 Å². The topological polar surface area (TPSA) is 73.6 Å². The summed E-state index contributed by atoms with van der Waals surface area (Å²) in [5.74, 6) is 0.762. The average Bonchev–Trinajstić information content (AvgIpc) is 3.11. The minimum absolute atomic E-state index is 0.292. The molecule has 0 fully saturated rings. The van der Waals surface area contributed by atoms with Crippen LogP contribution in [-0.2, 0) is 0 Å². The first-order chi connectivity index (χ1) is 13.9. The van der Waals surface area contributed by atoms with Crippen molar-refractivity contribution in [2.75, 3.05) is 12.4 Å². The summed E-state index contributed by atoms with van der Waals surface area (Å²) in [7, 11) is 1.54. The van der Waals surface area contributed by atoms with Crippen LogP contribution in [0.15, 0.2) is 61.1 Å². The Labute approximate surface area is 162 Å². The van der Waals surface area contributed by atoms with Gasteiger partial charge in [0.05, 0.1) is 25.2 Å². The Morgan fingerprint density at radius 1 is 1.00 bits per heavy atom. The molecule has 0 unspecified atom stereocenters. The van der Waals surface area contributed by atoms with Crippen molar-refractivity contribution >= 4 is 17.2 Å². The maximum absolute atomic E-state index is 12.3. The zero-order chi connectivity index (χ0) is 20.4. The largest absolute Gasteiger partial charge is 0.573 e. The Morgan fingerprint density at radius 3 is 2.45 bits per heavy atom. The summed E-state index contributed by atoms with van der Waals surface area (Å²) in [6.45, 7) is 0. The van der Waals surface area contributed by atoms with Crippen molar-refractivity contribution in [3.8, 4) is 22.8 Å². The van der Waals surface area contributed by atoms with Gasteiger partial charge in [-0.2, -0.15) is 5.10 Å². The van der Waals surface area contributed by atoms with Crippen molar-refractivity contribution in [1.29, 1.82) is 0 Å². The van der Waals surface area contributed by atoms with Crippen LogP contribution in [0.1, 0.15) is 0 Å². The molecule has 3 heterocycles. The van der Waals surface area contributed by atoms with Crippen molar-refractivity contribution in [2.24, 2.45) is 0 Å². The van der Waals surface area contributed by atoms with Gasteiger partial charge in [-0.15, -0.1) is 13.2 Å². The van der Waals surface area contributed by atoms with Crippen LogP contribution in [0.25, 0.3) is 16.8 Å². The molecule has 0 amide bonds. The smallest absolute Gasteiger partial charge is 0.481 e. The molecule has 0 radical (unpaired) electrons. The van der Waals surface area contributed by atoms with Crippen molar-refractivity contribution in [2.45, 2.75) is 6.36 Å². The summed E-state index contributed by atoms with van der Waals surface area (Å²) >= 11 is 0. The van der Waals surface area contributed by atoms with Gasteiger partial charge < -0.3 is 14.8 Å². The summed E-state index contributed by atoms with van der Waals surface area (Å²) in [5.41, 5.74) is 2.59. The lowest BCUT2D eigenvalue weighted by atomic mass is 10.1. The second-order valence-corrected chi connectivity index (χ2v) is 5.93. The minimum Gasteiger partial charge on any atom is -0.481 e. The molecule has 0 spiro atoms. The fourth-order valence-electron chi connectivity index (χ4n) is 2.70. The lowest BCUT2D eigenvalue weighted by Gasteiger charge is -2.09. The van der Waals surface area contributed by atoms with E-state index >= 15 is 0 Å². The molecular formula is C19H14F3N5O2. The predicted octanol–water partition coefficient (Wildman–Crippen LogP) is 4.44. The number of aromatic nitrogens is 4. The Balaban J connectivity index is 1.61. The number of nitrogens with zero attached hydrogens (tertiary/aromatic N) is 4. The highest BCUT2D eigenvalue weighted by atomic mass is 19.4. The SMILES string of the molecule is COc1ccc(Nc2ccn3ncc(-c4ccc(OC(F)(F)F)cc4)c3n2)cn1. The van der Waals surface area contributed by atoms with E-state index in [4.69, 9.17) is 4.74 Å². The number of hydrogen-bond acceptors (Lipinski definition) is 6. The molecule has 148 valence electrons. The number of methoxy groups -OCH3 is 1. The first-order valence-electron chi connectivity index (χ1n) is 8.39. The number of pyridine rings is 1. The van der Waals surface area contributed by atoms with Gasteiger partial charge in [0.2, 0.25) is 5.88 Å². The number of nitrogens with one attached hydrogen (secondary N) is 1. The van der Waals surface area contributed by atoms with E-state index in [2.05, 4.69) is 25.1 Å². The molecule has 0 aliphatic rings. The van der Waals surface area contributed by atoms with Crippen molar-refractivity contribution in [1.82, 2.24) is 19.6 Å². The Bertz CT molecular complexity index is 1130. The third-order valence-electron chi connectivity index (χ3n) is 3.99. The Kier molecular flexibility index (Phi) is 4.67. The highest BCUT2D eigenvalue weighted by Crippen LogP contribution is 2.29. The third kappa shape index (κ3) is 4.21.